The van der Waals surface area contributed by atoms with Crippen LogP contribution in [-0.4, -0.2) is 50.9 Å². The minimum Gasteiger partial charge on any atom is -0.391 e. The van der Waals surface area contributed by atoms with E-state index in [9.17, 15) is 5.11 Å². The Bertz CT molecular complexity index is 628. The highest BCUT2D eigenvalue weighted by molar-refractivity contribution is 5.44. The van der Waals surface area contributed by atoms with Crippen LogP contribution >= 0.6 is 0 Å². The Labute approximate surface area is 130 Å². The summed E-state index contributed by atoms with van der Waals surface area (Å²) in [7, 11) is 3.93. The van der Waals surface area contributed by atoms with Gasteiger partial charge in [0.15, 0.2) is 0 Å². The summed E-state index contributed by atoms with van der Waals surface area (Å²) in [6, 6.07) is 1.90. The van der Waals surface area contributed by atoms with Gasteiger partial charge in [-0.2, -0.15) is 4.98 Å². The molecule has 1 N–H and O–H groups in total. The molecule has 0 radical (unpaired) electrons. The van der Waals surface area contributed by atoms with Crippen LogP contribution in [0, 0.1) is 0 Å². The van der Waals surface area contributed by atoms with E-state index in [-0.39, 0.29) is 6.10 Å². The molecule has 7 nitrogen and oxygen atoms in total. The van der Waals surface area contributed by atoms with E-state index < -0.39 is 0 Å². The fourth-order valence-electron chi connectivity index (χ4n) is 2.69. The van der Waals surface area contributed by atoms with E-state index in [1.165, 1.54) is 0 Å². The van der Waals surface area contributed by atoms with Crippen molar-refractivity contribution in [3.05, 3.63) is 30.5 Å². The number of aliphatic hydroxyl groups excluding tert-OH is 1. The summed E-state index contributed by atoms with van der Waals surface area (Å²) in [5.74, 6) is 2.50. The molecule has 118 valence electrons. The van der Waals surface area contributed by atoms with Crippen molar-refractivity contribution < 1.29 is 5.11 Å². The van der Waals surface area contributed by atoms with Gasteiger partial charge in [0, 0.05) is 45.8 Å². The number of aliphatic hydroxyl groups is 1. The van der Waals surface area contributed by atoms with Crippen molar-refractivity contribution in [2.75, 3.05) is 29.9 Å². The molecule has 0 spiro atoms. The van der Waals surface area contributed by atoms with E-state index in [0.717, 1.165) is 31.0 Å². The van der Waals surface area contributed by atoms with Crippen LogP contribution in [0.4, 0.5) is 11.8 Å². The van der Waals surface area contributed by atoms with Crippen molar-refractivity contribution in [2.24, 2.45) is 7.05 Å². The number of piperidine rings is 1. The Morgan fingerprint density at radius 2 is 2.23 bits per heavy atom. The summed E-state index contributed by atoms with van der Waals surface area (Å²) in [6.45, 7) is 2.21. The molecule has 0 amide bonds. The third-order valence-electron chi connectivity index (χ3n) is 3.99. The third kappa shape index (κ3) is 3.19. The summed E-state index contributed by atoms with van der Waals surface area (Å²) in [4.78, 5) is 17.4. The molecule has 0 bridgehead atoms. The van der Waals surface area contributed by atoms with Crippen LogP contribution in [0.15, 0.2) is 24.7 Å². The third-order valence-corrected chi connectivity index (χ3v) is 3.99. The van der Waals surface area contributed by atoms with E-state index in [1.54, 1.807) is 12.4 Å². The maximum Gasteiger partial charge on any atom is 0.227 e. The van der Waals surface area contributed by atoms with Gasteiger partial charge in [0.2, 0.25) is 5.95 Å². The van der Waals surface area contributed by atoms with Gasteiger partial charge in [0.1, 0.15) is 11.6 Å². The minimum absolute atomic E-state index is 0.266. The molecule has 3 rings (SSSR count). The van der Waals surface area contributed by atoms with Gasteiger partial charge in [0.25, 0.3) is 0 Å². The fourth-order valence-corrected chi connectivity index (χ4v) is 2.69. The van der Waals surface area contributed by atoms with Gasteiger partial charge in [-0.15, -0.1) is 0 Å². The highest BCUT2D eigenvalue weighted by Crippen LogP contribution is 2.19. The standard InChI is InChI=1S/C15H22N6O/c1-19-9-7-16-14(19)11-20(2)15-17-6-5-13(18-15)21-8-3-4-12(22)10-21/h5-7,9,12,22H,3-4,8,10-11H2,1-2H3/t12-/m1/s1. The number of rotatable bonds is 4. The van der Waals surface area contributed by atoms with Crippen LogP contribution in [0.2, 0.25) is 0 Å². The predicted molar refractivity (Wildman–Crippen MR) is 84.8 cm³/mol. The Morgan fingerprint density at radius 1 is 1.36 bits per heavy atom. The SMILES string of the molecule is CN(Cc1nccn1C)c1nccc(N2CCC[C@@H](O)C2)n1. The normalized spacial score (nSPS) is 18.5. The van der Waals surface area contributed by atoms with Gasteiger partial charge in [-0.25, -0.2) is 9.97 Å². The first-order valence-electron chi connectivity index (χ1n) is 7.57. The first-order chi connectivity index (χ1) is 10.6. The lowest BCUT2D eigenvalue weighted by Crippen LogP contribution is -2.39. The van der Waals surface area contributed by atoms with Crippen molar-refractivity contribution >= 4 is 11.8 Å². The van der Waals surface area contributed by atoms with Crippen LogP contribution in [0.5, 0.6) is 0 Å². The monoisotopic (exact) mass is 302 g/mol. The molecule has 7 heteroatoms. The van der Waals surface area contributed by atoms with Gasteiger partial charge in [-0.05, 0) is 18.9 Å². The first-order valence-corrected chi connectivity index (χ1v) is 7.57. The molecular weight excluding hydrogens is 280 g/mol. The molecule has 3 heterocycles. The van der Waals surface area contributed by atoms with Crippen molar-refractivity contribution in [2.45, 2.75) is 25.5 Å². The van der Waals surface area contributed by atoms with E-state index in [0.29, 0.717) is 19.0 Å². The Morgan fingerprint density at radius 3 is 2.95 bits per heavy atom. The van der Waals surface area contributed by atoms with Crippen molar-refractivity contribution in [3.63, 3.8) is 0 Å². The highest BCUT2D eigenvalue weighted by Gasteiger charge is 2.19. The van der Waals surface area contributed by atoms with E-state index >= 15 is 0 Å². The second-order valence-corrected chi connectivity index (χ2v) is 5.77. The first kappa shape index (κ1) is 14.8. The van der Waals surface area contributed by atoms with E-state index in [2.05, 4.69) is 19.9 Å². The molecule has 22 heavy (non-hydrogen) atoms. The molecule has 2 aromatic heterocycles. The molecule has 1 aliphatic rings. The molecule has 1 fully saturated rings. The fraction of sp³-hybridized carbons (Fsp3) is 0.533. The molecule has 1 atom stereocenters. The molecule has 0 saturated carbocycles. The zero-order valence-corrected chi connectivity index (χ0v) is 13.1. The lowest BCUT2D eigenvalue weighted by molar-refractivity contribution is 0.154. The van der Waals surface area contributed by atoms with Crippen LogP contribution in [-0.2, 0) is 13.6 Å². The summed E-state index contributed by atoms with van der Waals surface area (Å²) in [5.41, 5.74) is 0. The zero-order valence-electron chi connectivity index (χ0n) is 13.1. The van der Waals surface area contributed by atoms with Crippen LogP contribution < -0.4 is 9.80 Å². The molecule has 2 aromatic rings. The summed E-state index contributed by atoms with van der Waals surface area (Å²) in [6.07, 6.45) is 7.08. The lowest BCUT2D eigenvalue weighted by atomic mass is 10.1. The number of nitrogens with zero attached hydrogens (tertiary/aromatic N) is 6. The molecule has 1 saturated heterocycles. The maximum atomic E-state index is 9.81. The van der Waals surface area contributed by atoms with Gasteiger partial charge in [-0.1, -0.05) is 0 Å². The van der Waals surface area contributed by atoms with Gasteiger partial charge < -0.3 is 19.5 Å². The van der Waals surface area contributed by atoms with Crippen molar-refractivity contribution in [1.29, 1.82) is 0 Å². The smallest absolute Gasteiger partial charge is 0.227 e. The maximum absolute atomic E-state index is 9.81. The molecule has 0 aliphatic carbocycles. The molecule has 0 aromatic carbocycles. The Balaban J connectivity index is 1.74. The number of hydrogen-bond donors (Lipinski definition) is 1. The van der Waals surface area contributed by atoms with Gasteiger partial charge in [-0.3, -0.25) is 0 Å². The van der Waals surface area contributed by atoms with Gasteiger partial charge >= 0.3 is 0 Å². The molecule has 1 aliphatic heterocycles. The number of hydrogen-bond acceptors (Lipinski definition) is 6. The highest BCUT2D eigenvalue weighted by atomic mass is 16.3. The van der Waals surface area contributed by atoms with Crippen LogP contribution in [0.25, 0.3) is 0 Å². The largest absolute Gasteiger partial charge is 0.391 e. The average Bonchev–Trinajstić information content (AvgIpc) is 2.92. The predicted octanol–water partition coefficient (Wildman–Crippen LogP) is 0.808. The summed E-state index contributed by atoms with van der Waals surface area (Å²) in [5, 5.41) is 9.81. The van der Waals surface area contributed by atoms with Crippen LogP contribution in [0.3, 0.4) is 0 Å². The molecule has 0 unspecified atom stereocenters. The average molecular weight is 302 g/mol. The van der Waals surface area contributed by atoms with Crippen molar-refractivity contribution in [3.8, 4) is 0 Å². The molecular formula is C15H22N6O. The number of aryl methyl sites for hydroxylation is 1. The number of β-amino-alcohol motifs (C(OH)–C–C–N with tert-alkyl or cyclic N) is 1. The second kappa shape index (κ2) is 6.31. The van der Waals surface area contributed by atoms with E-state index in [1.807, 2.05) is 35.8 Å². The Hall–Kier alpha value is -2.15. The zero-order chi connectivity index (χ0) is 15.5. The topological polar surface area (TPSA) is 70.3 Å². The lowest BCUT2D eigenvalue weighted by Gasteiger charge is -2.31. The Kier molecular flexibility index (Phi) is 4.24. The van der Waals surface area contributed by atoms with Crippen LogP contribution in [0.1, 0.15) is 18.7 Å². The van der Waals surface area contributed by atoms with Gasteiger partial charge in [0.05, 0.1) is 12.6 Å². The second-order valence-electron chi connectivity index (χ2n) is 5.77. The number of anilines is 2. The summed E-state index contributed by atoms with van der Waals surface area (Å²) < 4.78 is 1.99. The quantitative estimate of drug-likeness (QED) is 0.901. The van der Waals surface area contributed by atoms with Crippen molar-refractivity contribution in [1.82, 2.24) is 19.5 Å². The minimum atomic E-state index is -0.266. The summed E-state index contributed by atoms with van der Waals surface area (Å²) >= 11 is 0. The number of imidazole rings is 1. The number of aromatic nitrogens is 4. The van der Waals surface area contributed by atoms with E-state index in [4.69, 9.17) is 0 Å².